The van der Waals surface area contributed by atoms with E-state index in [-0.39, 0.29) is 5.60 Å². The topological polar surface area (TPSA) is 75.2 Å². The molecule has 0 unspecified atom stereocenters. The molecule has 0 fully saturated rings. The van der Waals surface area contributed by atoms with Crippen LogP contribution in [0.3, 0.4) is 0 Å². The van der Waals surface area contributed by atoms with E-state index in [0.717, 1.165) is 47.7 Å². The number of nitrogens with one attached hydrogen (secondary N) is 1. The lowest BCUT2D eigenvalue weighted by molar-refractivity contribution is -0.915. The van der Waals surface area contributed by atoms with E-state index in [9.17, 15) is 0 Å². The zero-order valence-electron chi connectivity index (χ0n) is 16.9. The number of hydrogen-bond acceptors (Lipinski definition) is 7. The van der Waals surface area contributed by atoms with Gasteiger partial charge >= 0.3 is 0 Å². The number of quaternary nitrogens is 1. The average Bonchev–Trinajstić information content (AvgIpc) is 3.23. The fraction of sp³-hybridized carbons (Fsp3) is 0.632. The number of aromatic nitrogens is 4. The first-order chi connectivity index (χ1) is 13.5. The van der Waals surface area contributed by atoms with Crippen LogP contribution >= 0.6 is 11.3 Å². The molecule has 0 saturated carbocycles. The van der Waals surface area contributed by atoms with Crippen LogP contribution in [0.1, 0.15) is 30.1 Å². The Morgan fingerprint density at radius 1 is 1.25 bits per heavy atom. The summed E-state index contributed by atoms with van der Waals surface area (Å²) in [6, 6.07) is 0. The minimum absolute atomic E-state index is 0.169. The molecule has 28 heavy (non-hydrogen) atoms. The van der Waals surface area contributed by atoms with Gasteiger partial charge in [-0.3, -0.25) is 0 Å². The molecule has 8 nitrogen and oxygen atoms in total. The zero-order valence-corrected chi connectivity index (χ0v) is 17.8. The molecule has 0 atom stereocenters. The largest absolute Gasteiger partial charge is 0.379 e. The number of methoxy groups -OCH3 is 2. The molecule has 1 N–H and O–H groups in total. The number of hydrogen-bond donors (Lipinski definition) is 1. The molecule has 0 saturated heterocycles. The van der Waals surface area contributed by atoms with E-state index in [1.807, 2.05) is 4.52 Å². The maximum Gasteiger partial charge on any atom is 0.206 e. The van der Waals surface area contributed by atoms with Gasteiger partial charge in [-0.2, -0.15) is 0 Å². The Morgan fingerprint density at radius 2 is 2.00 bits per heavy atom. The second kappa shape index (κ2) is 8.00. The molecule has 1 aliphatic heterocycles. The molecular formula is C19H28N5O3S+. The Morgan fingerprint density at radius 3 is 2.71 bits per heavy atom. The van der Waals surface area contributed by atoms with Crippen molar-refractivity contribution in [2.45, 2.75) is 39.0 Å². The van der Waals surface area contributed by atoms with Crippen molar-refractivity contribution in [1.82, 2.24) is 19.6 Å². The van der Waals surface area contributed by atoms with Gasteiger partial charge in [-0.15, -0.1) is 16.4 Å². The highest BCUT2D eigenvalue weighted by atomic mass is 32.1. The van der Waals surface area contributed by atoms with E-state index in [1.165, 1.54) is 15.3 Å². The molecule has 152 valence electrons. The molecule has 3 aromatic heterocycles. The van der Waals surface area contributed by atoms with Crippen molar-refractivity contribution in [1.29, 1.82) is 0 Å². The van der Waals surface area contributed by atoms with E-state index in [4.69, 9.17) is 24.3 Å². The van der Waals surface area contributed by atoms with Crippen LogP contribution in [-0.2, 0) is 33.8 Å². The highest BCUT2D eigenvalue weighted by Crippen LogP contribution is 2.39. The first kappa shape index (κ1) is 19.7. The Kier molecular flexibility index (Phi) is 5.62. The van der Waals surface area contributed by atoms with Gasteiger partial charge in [0.1, 0.15) is 30.8 Å². The van der Waals surface area contributed by atoms with E-state index in [2.05, 4.69) is 18.8 Å². The van der Waals surface area contributed by atoms with E-state index in [0.29, 0.717) is 19.8 Å². The van der Waals surface area contributed by atoms with Crippen LogP contribution in [0.5, 0.6) is 0 Å². The summed E-state index contributed by atoms with van der Waals surface area (Å²) in [5.74, 6) is 0.822. The molecule has 1 aliphatic rings. The molecule has 4 rings (SSSR count). The summed E-state index contributed by atoms with van der Waals surface area (Å²) < 4.78 is 18.3. The Hall–Kier alpha value is -1.65. The zero-order chi connectivity index (χ0) is 19.7. The molecule has 0 spiro atoms. The predicted octanol–water partition coefficient (Wildman–Crippen LogP) is 0.868. The lowest BCUT2D eigenvalue weighted by Gasteiger charge is -2.30. The fourth-order valence-electron chi connectivity index (χ4n) is 3.68. The molecule has 4 heterocycles. The van der Waals surface area contributed by atoms with Crippen molar-refractivity contribution in [3.8, 4) is 0 Å². The molecule has 3 aromatic rings. The van der Waals surface area contributed by atoms with Gasteiger partial charge in [-0.25, -0.2) is 14.5 Å². The minimum Gasteiger partial charge on any atom is -0.379 e. The number of ether oxygens (including phenoxy) is 3. The van der Waals surface area contributed by atoms with Crippen molar-refractivity contribution >= 4 is 27.2 Å². The third-order valence-electron chi connectivity index (χ3n) is 5.18. The highest BCUT2D eigenvalue weighted by Gasteiger charge is 2.31. The molecule has 0 radical (unpaired) electrons. The van der Waals surface area contributed by atoms with Crippen LogP contribution < -0.4 is 4.90 Å². The Labute approximate surface area is 168 Å². The Balaban J connectivity index is 1.68. The van der Waals surface area contributed by atoms with Gasteiger partial charge in [-0.05, 0) is 19.4 Å². The number of fused-ring (bicyclic) bond motifs is 5. The average molecular weight is 407 g/mol. The van der Waals surface area contributed by atoms with E-state index in [1.54, 1.807) is 31.9 Å². The van der Waals surface area contributed by atoms with Crippen molar-refractivity contribution < 1.29 is 19.1 Å². The molecule has 9 heteroatoms. The van der Waals surface area contributed by atoms with Crippen molar-refractivity contribution in [2.24, 2.45) is 0 Å². The van der Waals surface area contributed by atoms with Gasteiger partial charge in [0.15, 0.2) is 5.65 Å². The third-order valence-corrected chi connectivity index (χ3v) is 6.29. The second-order valence-corrected chi connectivity index (χ2v) is 8.95. The van der Waals surface area contributed by atoms with Crippen molar-refractivity contribution in [2.75, 3.05) is 40.5 Å². The van der Waals surface area contributed by atoms with Crippen LogP contribution in [0.15, 0.2) is 6.33 Å². The fourth-order valence-corrected chi connectivity index (χ4v) is 4.74. The number of rotatable bonds is 8. The maximum atomic E-state index is 5.98. The normalized spacial score (nSPS) is 16.3. The standard InChI is InChI=1S/C19H27N5O3S/c1-19(2)9-13-14(11-27-19)28-18-16(13)17-21-15(22-24(17)12-20-18)10-23(5-7-25-3)6-8-26-4/h12H,5-11H2,1-4H3/p+1. The monoisotopic (exact) mass is 406 g/mol. The van der Waals surface area contributed by atoms with Gasteiger partial charge in [-0.1, -0.05) is 0 Å². The van der Waals surface area contributed by atoms with Crippen LogP contribution in [0.2, 0.25) is 0 Å². The van der Waals surface area contributed by atoms with Gasteiger partial charge in [0.2, 0.25) is 5.82 Å². The number of nitrogens with zero attached hydrogens (tertiary/aromatic N) is 4. The molecule has 0 bridgehead atoms. The van der Waals surface area contributed by atoms with Gasteiger partial charge in [0.25, 0.3) is 0 Å². The summed E-state index contributed by atoms with van der Waals surface area (Å²) in [4.78, 5) is 13.1. The summed E-state index contributed by atoms with van der Waals surface area (Å²) in [6.45, 7) is 8.82. The Bertz CT molecular complexity index is 959. The molecule has 0 aromatic carbocycles. The van der Waals surface area contributed by atoms with Gasteiger partial charge in [0.05, 0.1) is 30.8 Å². The lowest BCUT2D eigenvalue weighted by atomic mass is 9.94. The molecular weight excluding hydrogens is 378 g/mol. The van der Waals surface area contributed by atoms with Gasteiger partial charge in [0, 0.05) is 25.5 Å². The second-order valence-electron chi connectivity index (χ2n) is 7.86. The smallest absolute Gasteiger partial charge is 0.206 e. The first-order valence-corrected chi connectivity index (χ1v) is 10.4. The van der Waals surface area contributed by atoms with Crippen LogP contribution in [0.4, 0.5) is 0 Å². The predicted molar refractivity (Wildman–Crippen MR) is 107 cm³/mol. The minimum atomic E-state index is -0.169. The summed E-state index contributed by atoms with van der Waals surface area (Å²) >= 11 is 1.71. The first-order valence-electron chi connectivity index (χ1n) is 9.60. The van der Waals surface area contributed by atoms with E-state index < -0.39 is 0 Å². The van der Waals surface area contributed by atoms with Crippen LogP contribution in [0, 0.1) is 0 Å². The van der Waals surface area contributed by atoms with Crippen LogP contribution in [0.25, 0.3) is 15.9 Å². The maximum absolute atomic E-state index is 5.98. The molecule has 0 amide bonds. The van der Waals surface area contributed by atoms with Crippen LogP contribution in [-0.4, -0.2) is 65.7 Å². The van der Waals surface area contributed by atoms with Gasteiger partial charge < -0.3 is 19.1 Å². The quantitative estimate of drug-likeness (QED) is 0.598. The summed E-state index contributed by atoms with van der Waals surface area (Å²) in [7, 11) is 3.45. The number of thiophene rings is 1. The lowest BCUT2D eigenvalue weighted by Crippen LogP contribution is -3.11. The summed E-state index contributed by atoms with van der Waals surface area (Å²) in [6.07, 6.45) is 2.64. The summed E-state index contributed by atoms with van der Waals surface area (Å²) in [5, 5.41) is 5.83. The van der Waals surface area contributed by atoms with Crippen molar-refractivity contribution in [3.63, 3.8) is 0 Å². The highest BCUT2D eigenvalue weighted by molar-refractivity contribution is 7.19. The third kappa shape index (κ3) is 3.90. The van der Waals surface area contributed by atoms with E-state index >= 15 is 0 Å². The summed E-state index contributed by atoms with van der Waals surface area (Å²) in [5.41, 5.74) is 2.04. The SMILES string of the molecule is COCC[NH+](CCOC)Cc1nc2c3c4c(sc3ncn2n1)COC(C)(C)C4. The van der Waals surface area contributed by atoms with Crippen molar-refractivity contribution in [3.05, 3.63) is 22.6 Å². The molecule has 0 aliphatic carbocycles.